The van der Waals surface area contributed by atoms with Crippen molar-refractivity contribution in [2.24, 2.45) is 0 Å². The van der Waals surface area contributed by atoms with Gasteiger partial charge in [-0.25, -0.2) is 4.98 Å². The van der Waals surface area contributed by atoms with E-state index in [1.165, 1.54) is 0 Å². The Morgan fingerprint density at radius 3 is 2.91 bits per heavy atom. The Bertz CT molecular complexity index is 505. The van der Waals surface area contributed by atoms with E-state index >= 15 is 0 Å². The first-order valence-electron chi connectivity index (χ1n) is 7.61. The van der Waals surface area contributed by atoms with Gasteiger partial charge in [-0.2, -0.15) is 0 Å². The van der Waals surface area contributed by atoms with E-state index in [2.05, 4.69) is 31.1 Å². The first kappa shape index (κ1) is 15.9. The van der Waals surface area contributed by atoms with Crippen LogP contribution in [0.3, 0.4) is 0 Å². The van der Waals surface area contributed by atoms with Crippen molar-refractivity contribution >= 4 is 27.7 Å². The smallest absolute Gasteiger partial charge is 0.239 e. The highest BCUT2D eigenvalue weighted by Gasteiger charge is 2.34. The van der Waals surface area contributed by atoms with Gasteiger partial charge in [-0.3, -0.25) is 9.69 Å². The minimum atomic E-state index is -0.195. The highest BCUT2D eigenvalue weighted by Crippen LogP contribution is 2.24. The molecule has 0 bridgehead atoms. The molecule has 1 amide bonds. The SMILES string of the molecule is O=C(CN1CCCCC1C1OCCO1)Nc1ccc(Br)cn1. The number of piperidine rings is 1. The maximum atomic E-state index is 12.2. The van der Waals surface area contributed by atoms with Gasteiger partial charge in [0, 0.05) is 10.7 Å². The molecular weight excluding hydrogens is 350 g/mol. The average Bonchev–Trinajstić information content (AvgIpc) is 3.04. The summed E-state index contributed by atoms with van der Waals surface area (Å²) in [6.07, 6.45) is 4.74. The largest absolute Gasteiger partial charge is 0.349 e. The summed E-state index contributed by atoms with van der Waals surface area (Å²) in [5.41, 5.74) is 0. The van der Waals surface area contributed by atoms with Gasteiger partial charge >= 0.3 is 0 Å². The van der Waals surface area contributed by atoms with Crippen LogP contribution in [0.2, 0.25) is 0 Å². The van der Waals surface area contributed by atoms with Crippen molar-refractivity contribution in [2.75, 3.05) is 31.6 Å². The summed E-state index contributed by atoms with van der Waals surface area (Å²) in [6.45, 7) is 2.52. The molecule has 1 unspecified atom stereocenters. The number of likely N-dealkylation sites (tertiary alicyclic amines) is 1. The number of halogens is 1. The Hall–Kier alpha value is -1.02. The van der Waals surface area contributed by atoms with E-state index in [1.807, 2.05) is 6.07 Å². The predicted octanol–water partition coefficient (Wildman–Crippen LogP) is 2.01. The average molecular weight is 370 g/mol. The van der Waals surface area contributed by atoms with E-state index in [9.17, 15) is 4.79 Å². The molecule has 22 heavy (non-hydrogen) atoms. The molecule has 2 aliphatic rings. The summed E-state index contributed by atoms with van der Waals surface area (Å²) in [7, 11) is 0. The van der Waals surface area contributed by atoms with Crippen LogP contribution in [0.4, 0.5) is 5.82 Å². The fourth-order valence-corrected chi connectivity index (χ4v) is 3.17. The standard InChI is InChI=1S/C15H20BrN3O3/c16-11-4-5-13(17-9-11)18-14(20)10-19-6-2-1-3-12(19)15-21-7-8-22-15/h4-5,9,12,15H,1-3,6-8,10H2,(H,17,18,20). The van der Waals surface area contributed by atoms with Crippen LogP contribution >= 0.6 is 15.9 Å². The molecule has 1 atom stereocenters. The maximum absolute atomic E-state index is 12.2. The number of aromatic nitrogens is 1. The lowest BCUT2D eigenvalue weighted by atomic mass is 10.0. The zero-order valence-corrected chi connectivity index (χ0v) is 13.9. The van der Waals surface area contributed by atoms with Crippen LogP contribution in [-0.2, 0) is 14.3 Å². The summed E-state index contributed by atoms with van der Waals surface area (Å²) in [6, 6.07) is 3.80. The van der Waals surface area contributed by atoms with E-state index in [1.54, 1.807) is 12.3 Å². The third-order valence-electron chi connectivity index (χ3n) is 3.97. The number of anilines is 1. The van der Waals surface area contributed by atoms with E-state index in [0.717, 1.165) is 30.3 Å². The third-order valence-corrected chi connectivity index (χ3v) is 4.44. The summed E-state index contributed by atoms with van der Waals surface area (Å²) in [4.78, 5) is 18.6. The monoisotopic (exact) mass is 369 g/mol. The van der Waals surface area contributed by atoms with E-state index in [0.29, 0.717) is 25.6 Å². The number of rotatable bonds is 4. The number of carbonyl (C=O) groups is 1. The van der Waals surface area contributed by atoms with Gasteiger partial charge in [0.2, 0.25) is 5.91 Å². The number of pyridine rings is 1. The molecule has 0 radical (unpaired) electrons. The molecule has 2 saturated heterocycles. The molecule has 3 heterocycles. The number of hydrogen-bond donors (Lipinski definition) is 1. The van der Waals surface area contributed by atoms with Crippen molar-refractivity contribution in [1.82, 2.24) is 9.88 Å². The van der Waals surface area contributed by atoms with Crippen molar-refractivity contribution in [3.05, 3.63) is 22.8 Å². The van der Waals surface area contributed by atoms with Crippen LogP contribution in [0.1, 0.15) is 19.3 Å². The Morgan fingerprint density at radius 1 is 1.36 bits per heavy atom. The summed E-state index contributed by atoms with van der Waals surface area (Å²) < 4.78 is 12.1. The molecule has 7 heteroatoms. The molecule has 6 nitrogen and oxygen atoms in total. The lowest BCUT2D eigenvalue weighted by molar-refractivity contribution is -0.127. The minimum Gasteiger partial charge on any atom is -0.349 e. The van der Waals surface area contributed by atoms with Crippen molar-refractivity contribution in [3.63, 3.8) is 0 Å². The van der Waals surface area contributed by atoms with Gasteiger partial charge in [-0.05, 0) is 47.4 Å². The zero-order chi connectivity index (χ0) is 15.4. The third kappa shape index (κ3) is 4.04. The van der Waals surface area contributed by atoms with E-state index in [4.69, 9.17) is 9.47 Å². The van der Waals surface area contributed by atoms with Crippen molar-refractivity contribution in [1.29, 1.82) is 0 Å². The highest BCUT2D eigenvalue weighted by molar-refractivity contribution is 9.10. The highest BCUT2D eigenvalue weighted by atomic mass is 79.9. The lowest BCUT2D eigenvalue weighted by Gasteiger charge is -2.37. The summed E-state index contributed by atoms with van der Waals surface area (Å²) >= 11 is 3.33. The first-order valence-corrected chi connectivity index (χ1v) is 8.40. The maximum Gasteiger partial charge on any atom is 0.239 e. The van der Waals surface area contributed by atoms with Gasteiger partial charge in [0.15, 0.2) is 6.29 Å². The Balaban J connectivity index is 1.57. The molecule has 0 aromatic carbocycles. The van der Waals surface area contributed by atoms with Gasteiger partial charge in [-0.15, -0.1) is 0 Å². The summed E-state index contributed by atoms with van der Waals surface area (Å²) in [5, 5.41) is 2.83. The van der Waals surface area contributed by atoms with Gasteiger partial charge in [0.05, 0.1) is 25.8 Å². The van der Waals surface area contributed by atoms with Crippen LogP contribution in [0.5, 0.6) is 0 Å². The quantitative estimate of drug-likeness (QED) is 0.879. The van der Waals surface area contributed by atoms with E-state index in [-0.39, 0.29) is 18.2 Å². The minimum absolute atomic E-state index is 0.0558. The van der Waals surface area contributed by atoms with Gasteiger partial charge in [0.1, 0.15) is 5.82 Å². The second-order valence-electron chi connectivity index (χ2n) is 5.55. The fourth-order valence-electron chi connectivity index (χ4n) is 2.94. The Labute approximate surface area is 138 Å². The van der Waals surface area contributed by atoms with Crippen LogP contribution in [0.15, 0.2) is 22.8 Å². The van der Waals surface area contributed by atoms with Gasteiger partial charge in [-0.1, -0.05) is 6.42 Å². The van der Waals surface area contributed by atoms with Gasteiger partial charge in [0.25, 0.3) is 0 Å². The number of nitrogens with one attached hydrogen (secondary N) is 1. The second-order valence-corrected chi connectivity index (χ2v) is 6.47. The topological polar surface area (TPSA) is 63.7 Å². The molecule has 1 aromatic heterocycles. The summed E-state index contributed by atoms with van der Waals surface area (Å²) in [5.74, 6) is 0.509. The first-order chi connectivity index (χ1) is 10.7. The predicted molar refractivity (Wildman–Crippen MR) is 85.5 cm³/mol. The van der Waals surface area contributed by atoms with Crippen molar-refractivity contribution in [3.8, 4) is 0 Å². The molecule has 120 valence electrons. The second kappa shape index (κ2) is 7.50. The lowest BCUT2D eigenvalue weighted by Crippen LogP contribution is -2.50. The van der Waals surface area contributed by atoms with Crippen molar-refractivity contribution in [2.45, 2.75) is 31.6 Å². The molecule has 1 N–H and O–H groups in total. The molecule has 2 aliphatic heterocycles. The van der Waals surface area contributed by atoms with Crippen molar-refractivity contribution < 1.29 is 14.3 Å². The number of hydrogen-bond acceptors (Lipinski definition) is 5. The van der Waals surface area contributed by atoms with Crippen LogP contribution in [-0.4, -0.2) is 54.4 Å². The van der Waals surface area contributed by atoms with E-state index < -0.39 is 0 Å². The normalized spacial score (nSPS) is 23.6. The molecule has 1 aromatic rings. The fraction of sp³-hybridized carbons (Fsp3) is 0.600. The molecule has 0 spiro atoms. The zero-order valence-electron chi connectivity index (χ0n) is 12.3. The number of carbonyl (C=O) groups excluding carboxylic acids is 1. The van der Waals surface area contributed by atoms with Crippen LogP contribution in [0, 0.1) is 0 Å². The van der Waals surface area contributed by atoms with Crippen LogP contribution < -0.4 is 5.32 Å². The Morgan fingerprint density at radius 2 is 2.18 bits per heavy atom. The Kier molecular flexibility index (Phi) is 5.41. The molecule has 3 rings (SSSR count). The van der Waals surface area contributed by atoms with Gasteiger partial charge < -0.3 is 14.8 Å². The number of amides is 1. The number of nitrogens with zero attached hydrogens (tertiary/aromatic N) is 2. The molecule has 2 fully saturated rings. The molecule has 0 saturated carbocycles. The van der Waals surface area contributed by atoms with Crippen LogP contribution in [0.25, 0.3) is 0 Å². The number of ether oxygens (including phenoxy) is 2. The molecule has 0 aliphatic carbocycles. The molecular formula is C15H20BrN3O3.